The van der Waals surface area contributed by atoms with Crippen molar-refractivity contribution in [3.8, 4) is 0 Å². The third kappa shape index (κ3) is 4.75. The number of hydrogen-bond donors (Lipinski definition) is 2. The Morgan fingerprint density at radius 2 is 2.28 bits per heavy atom. The number of ether oxygens (including phenoxy) is 1. The van der Waals surface area contributed by atoms with Crippen LogP contribution in [0, 0.1) is 0 Å². The highest BCUT2D eigenvalue weighted by Crippen LogP contribution is 2.21. The molecule has 1 unspecified atom stereocenters. The van der Waals surface area contributed by atoms with Gasteiger partial charge >= 0.3 is 0 Å². The van der Waals surface area contributed by atoms with E-state index in [2.05, 4.69) is 21.2 Å². The Balaban J connectivity index is 2.57. The zero-order chi connectivity index (χ0) is 13.5. The molecular formula is C11H15BrN2O3S. The summed E-state index contributed by atoms with van der Waals surface area (Å²) in [6, 6.07) is 5.06. The number of carbonyl (C=O) groups excluding carboxylic acids is 1. The fraction of sp³-hybridized carbons (Fsp3) is 0.364. The summed E-state index contributed by atoms with van der Waals surface area (Å²) in [4.78, 5) is 11.9. The molecule has 1 amide bonds. The van der Waals surface area contributed by atoms with Crippen LogP contribution in [0.15, 0.2) is 27.6 Å². The van der Waals surface area contributed by atoms with E-state index in [1.54, 1.807) is 25.3 Å². The van der Waals surface area contributed by atoms with E-state index in [9.17, 15) is 9.00 Å². The van der Waals surface area contributed by atoms with Gasteiger partial charge in [-0.25, -0.2) is 0 Å². The molecule has 0 aromatic heterocycles. The van der Waals surface area contributed by atoms with Crippen LogP contribution in [-0.4, -0.2) is 36.1 Å². The molecule has 0 bridgehead atoms. The Hall–Kier alpha value is -0.920. The molecule has 5 nitrogen and oxygen atoms in total. The zero-order valence-electron chi connectivity index (χ0n) is 9.94. The lowest BCUT2D eigenvalue weighted by molar-refractivity contribution is -0.118. The van der Waals surface area contributed by atoms with Crippen LogP contribution in [0.4, 0.5) is 5.69 Å². The standard InChI is InChI=1S/C11H15BrN2O3S/c1-17-5-4-14-11(15)7-18(16)10-3-2-8(12)6-9(10)13/h2-3,6H,4-5,7,13H2,1H3,(H,14,15). The van der Waals surface area contributed by atoms with Crippen molar-refractivity contribution in [2.45, 2.75) is 4.90 Å². The van der Waals surface area contributed by atoms with E-state index in [4.69, 9.17) is 10.5 Å². The maximum atomic E-state index is 11.9. The molecule has 0 saturated heterocycles. The van der Waals surface area contributed by atoms with E-state index in [0.717, 1.165) is 4.47 Å². The third-order valence-electron chi connectivity index (χ3n) is 2.11. The van der Waals surface area contributed by atoms with Crippen LogP contribution in [0.5, 0.6) is 0 Å². The van der Waals surface area contributed by atoms with Crippen LogP contribution in [0.1, 0.15) is 0 Å². The van der Waals surface area contributed by atoms with Crippen LogP contribution in [0.2, 0.25) is 0 Å². The molecule has 0 saturated carbocycles. The fourth-order valence-corrected chi connectivity index (χ4v) is 2.68. The molecule has 18 heavy (non-hydrogen) atoms. The van der Waals surface area contributed by atoms with Crippen molar-refractivity contribution in [2.75, 3.05) is 31.7 Å². The molecule has 3 N–H and O–H groups in total. The molecule has 1 atom stereocenters. The summed E-state index contributed by atoms with van der Waals surface area (Å²) in [6.45, 7) is 0.834. The lowest BCUT2D eigenvalue weighted by atomic mass is 10.3. The molecule has 0 aliphatic carbocycles. The first-order valence-electron chi connectivity index (χ1n) is 5.23. The zero-order valence-corrected chi connectivity index (χ0v) is 12.3. The molecule has 1 aromatic carbocycles. The topological polar surface area (TPSA) is 81.4 Å². The molecule has 7 heteroatoms. The van der Waals surface area contributed by atoms with E-state index in [1.807, 2.05) is 0 Å². The van der Waals surface area contributed by atoms with E-state index in [-0.39, 0.29) is 11.7 Å². The fourth-order valence-electron chi connectivity index (χ4n) is 1.27. The highest BCUT2D eigenvalue weighted by Gasteiger charge is 2.12. The number of anilines is 1. The lowest BCUT2D eigenvalue weighted by Gasteiger charge is -2.07. The Labute approximate surface area is 117 Å². The molecule has 0 aliphatic rings. The second kappa shape index (κ2) is 7.50. The molecule has 0 radical (unpaired) electrons. The summed E-state index contributed by atoms with van der Waals surface area (Å²) in [5.74, 6) is -0.386. The van der Waals surface area contributed by atoms with Gasteiger partial charge < -0.3 is 15.8 Å². The molecule has 100 valence electrons. The minimum atomic E-state index is -1.44. The first-order chi connectivity index (χ1) is 8.54. The largest absolute Gasteiger partial charge is 0.398 e. The minimum absolute atomic E-state index is 0.102. The highest BCUT2D eigenvalue weighted by atomic mass is 79.9. The molecule has 1 aromatic rings. The van der Waals surface area contributed by atoms with Crippen molar-refractivity contribution in [1.82, 2.24) is 5.32 Å². The van der Waals surface area contributed by atoms with Gasteiger partial charge in [-0.05, 0) is 18.2 Å². The monoisotopic (exact) mass is 334 g/mol. The predicted octanol–water partition coefficient (Wildman–Crippen LogP) is 0.901. The number of halogens is 1. The van der Waals surface area contributed by atoms with Gasteiger partial charge in [0.1, 0.15) is 5.75 Å². The van der Waals surface area contributed by atoms with Gasteiger partial charge in [-0.3, -0.25) is 9.00 Å². The lowest BCUT2D eigenvalue weighted by Crippen LogP contribution is -2.31. The number of nitrogens with two attached hydrogens (primary N) is 1. The summed E-state index contributed by atoms with van der Waals surface area (Å²) in [7, 11) is 0.111. The van der Waals surface area contributed by atoms with Crippen molar-refractivity contribution in [1.29, 1.82) is 0 Å². The number of rotatable bonds is 6. The minimum Gasteiger partial charge on any atom is -0.398 e. The number of nitrogens with one attached hydrogen (secondary N) is 1. The predicted molar refractivity (Wildman–Crippen MR) is 74.7 cm³/mol. The summed E-state index contributed by atoms with van der Waals surface area (Å²) >= 11 is 3.27. The average molecular weight is 335 g/mol. The molecule has 0 spiro atoms. The number of amides is 1. The van der Waals surface area contributed by atoms with E-state index in [1.165, 1.54) is 0 Å². The normalized spacial score (nSPS) is 12.1. The maximum absolute atomic E-state index is 11.9. The Kier molecular flexibility index (Phi) is 6.31. The SMILES string of the molecule is COCCNC(=O)CS(=O)c1ccc(Br)cc1N. The number of nitrogen functional groups attached to an aromatic ring is 1. The molecule has 0 fully saturated rings. The Bertz CT molecular complexity index is 454. The van der Waals surface area contributed by atoms with Gasteiger partial charge in [-0.15, -0.1) is 0 Å². The van der Waals surface area contributed by atoms with E-state index in [0.29, 0.717) is 23.7 Å². The van der Waals surface area contributed by atoms with Gasteiger partial charge in [0.05, 0.1) is 22.3 Å². The van der Waals surface area contributed by atoms with Gasteiger partial charge in [0.2, 0.25) is 5.91 Å². The first kappa shape index (κ1) is 15.1. The smallest absolute Gasteiger partial charge is 0.233 e. The quantitative estimate of drug-likeness (QED) is 0.598. The van der Waals surface area contributed by atoms with Gasteiger partial charge in [0, 0.05) is 23.8 Å². The molecular weight excluding hydrogens is 320 g/mol. The van der Waals surface area contributed by atoms with Gasteiger partial charge in [-0.1, -0.05) is 15.9 Å². The van der Waals surface area contributed by atoms with Crippen molar-refractivity contribution >= 4 is 38.3 Å². The number of methoxy groups -OCH3 is 1. The second-order valence-corrected chi connectivity index (χ2v) is 5.85. The third-order valence-corrected chi connectivity index (χ3v) is 3.99. The van der Waals surface area contributed by atoms with Crippen LogP contribution >= 0.6 is 15.9 Å². The maximum Gasteiger partial charge on any atom is 0.233 e. The van der Waals surface area contributed by atoms with E-state index >= 15 is 0 Å². The molecule has 1 rings (SSSR count). The summed E-state index contributed by atoms with van der Waals surface area (Å²) in [5.41, 5.74) is 6.15. The van der Waals surface area contributed by atoms with Crippen LogP contribution in [0.25, 0.3) is 0 Å². The van der Waals surface area contributed by atoms with Crippen LogP contribution < -0.4 is 11.1 Å². The van der Waals surface area contributed by atoms with Gasteiger partial charge in [0.25, 0.3) is 0 Å². The Morgan fingerprint density at radius 1 is 1.56 bits per heavy atom. The summed E-state index contributed by atoms with van der Waals surface area (Å²) in [6.07, 6.45) is 0. The van der Waals surface area contributed by atoms with Crippen molar-refractivity contribution in [3.05, 3.63) is 22.7 Å². The summed E-state index contributed by atoms with van der Waals surface area (Å²) < 4.78 is 17.6. The van der Waals surface area contributed by atoms with Crippen molar-refractivity contribution < 1.29 is 13.7 Å². The number of hydrogen-bond acceptors (Lipinski definition) is 4. The molecule has 0 aliphatic heterocycles. The van der Waals surface area contributed by atoms with Crippen molar-refractivity contribution in [3.63, 3.8) is 0 Å². The van der Waals surface area contributed by atoms with Gasteiger partial charge in [-0.2, -0.15) is 0 Å². The highest BCUT2D eigenvalue weighted by molar-refractivity contribution is 9.10. The second-order valence-electron chi connectivity index (χ2n) is 3.51. The first-order valence-corrected chi connectivity index (χ1v) is 7.35. The van der Waals surface area contributed by atoms with Gasteiger partial charge in [0.15, 0.2) is 0 Å². The molecule has 0 heterocycles. The Morgan fingerprint density at radius 3 is 2.89 bits per heavy atom. The van der Waals surface area contributed by atoms with E-state index < -0.39 is 10.8 Å². The summed E-state index contributed by atoms with van der Waals surface area (Å²) in [5, 5.41) is 2.61. The average Bonchev–Trinajstić information content (AvgIpc) is 2.28. The number of benzene rings is 1. The van der Waals surface area contributed by atoms with Crippen LogP contribution in [-0.2, 0) is 20.3 Å². The van der Waals surface area contributed by atoms with Crippen LogP contribution in [0.3, 0.4) is 0 Å². The number of carbonyl (C=O) groups is 1. The van der Waals surface area contributed by atoms with Crippen molar-refractivity contribution in [2.24, 2.45) is 0 Å².